The van der Waals surface area contributed by atoms with Gasteiger partial charge in [-0.25, -0.2) is 9.18 Å². The summed E-state index contributed by atoms with van der Waals surface area (Å²) < 4.78 is 13.6. The van der Waals surface area contributed by atoms with Crippen molar-refractivity contribution in [3.05, 3.63) is 35.1 Å². The van der Waals surface area contributed by atoms with Gasteiger partial charge in [-0.3, -0.25) is 9.69 Å². The minimum atomic E-state index is -0.906. The Morgan fingerprint density at radius 2 is 2.10 bits per heavy atom. The van der Waals surface area contributed by atoms with E-state index >= 15 is 0 Å². The highest BCUT2D eigenvalue weighted by Crippen LogP contribution is 2.23. The molecular formula is C14H16FN3O2S. The van der Waals surface area contributed by atoms with Gasteiger partial charge < -0.3 is 11.1 Å². The number of urea groups is 1. The molecule has 1 atom stereocenters. The van der Waals surface area contributed by atoms with E-state index in [0.717, 1.165) is 4.90 Å². The predicted octanol–water partition coefficient (Wildman–Crippen LogP) is 1.68. The van der Waals surface area contributed by atoms with Crippen LogP contribution >= 0.6 is 12.2 Å². The van der Waals surface area contributed by atoms with Gasteiger partial charge in [0.2, 0.25) is 0 Å². The molecule has 1 aromatic rings. The van der Waals surface area contributed by atoms with E-state index in [2.05, 4.69) is 5.32 Å². The number of nitrogens with zero attached hydrogens (tertiary/aromatic N) is 1. The summed E-state index contributed by atoms with van der Waals surface area (Å²) in [6, 6.07) is 3.57. The maximum Gasteiger partial charge on any atom is 0.325 e. The van der Waals surface area contributed by atoms with Crippen LogP contribution in [0.3, 0.4) is 0 Å². The first-order valence-electron chi connectivity index (χ1n) is 6.50. The first-order valence-corrected chi connectivity index (χ1v) is 6.91. The van der Waals surface area contributed by atoms with E-state index in [1.165, 1.54) is 12.1 Å². The molecule has 5 nitrogen and oxygen atoms in total. The Morgan fingerprint density at radius 1 is 1.43 bits per heavy atom. The van der Waals surface area contributed by atoms with E-state index < -0.39 is 17.4 Å². The third kappa shape index (κ3) is 2.87. The number of nitrogens with two attached hydrogens (primary N) is 1. The molecule has 21 heavy (non-hydrogen) atoms. The summed E-state index contributed by atoms with van der Waals surface area (Å²) in [6.45, 7) is 3.46. The first kappa shape index (κ1) is 15.4. The van der Waals surface area contributed by atoms with Crippen molar-refractivity contribution >= 4 is 29.1 Å². The van der Waals surface area contributed by atoms with Crippen LogP contribution in [0.15, 0.2) is 18.2 Å². The lowest BCUT2D eigenvalue weighted by molar-refractivity contribution is -0.131. The second kappa shape index (κ2) is 5.40. The van der Waals surface area contributed by atoms with Gasteiger partial charge in [0, 0.05) is 5.56 Å². The van der Waals surface area contributed by atoms with Crippen LogP contribution in [0.25, 0.3) is 0 Å². The number of nitrogens with one attached hydrogen (secondary N) is 1. The van der Waals surface area contributed by atoms with Crippen molar-refractivity contribution in [1.82, 2.24) is 10.2 Å². The summed E-state index contributed by atoms with van der Waals surface area (Å²) in [5.41, 5.74) is 5.40. The first-order chi connectivity index (χ1) is 9.76. The zero-order valence-corrected chi connectivity index (χ0v) is 12.6. The average Bonchev–Trinajstić information content (AvgIpc) is 2.62. The fourth-order valence-electron chi connectivity index (χ4n) is 2.20. The lowest BCUT2D eigenvalue weighted by Gasteiger charge is -2.19. The average molecular weight is 309 g/mol. The lowest BCUT2D eigenvalue weighted by atomic mass is 9.99. The fourth-order valence-corrected chi connectivity index (χ4v) is 2.31. The quantitative estimate of drug-likeness (QED) is 0.655. The van der Waals surface area contributed by atoms with Gasteiger partial charge >= 0.3 is 6.03 Å². The summed E-state index contributed by atoms with van der Waals surface area (Å²) in [4.78, 5) is 25.3. The second-order valence-electron chi connectivity index (χ2n) is 5.22. The van der Waals surface area contributed by atoms with Gasteiger partial charge in [-0.05, 0) is 37.1 Å². The minimum absolute atomic E-state index is 0.0202. The largest absolute Gasteiger partial charge is 0.389 e. The number of carbonyl (C=O) groups is 2. The minimum Gasteiger partial charge on any atom is -0.389 e. The molecule has 3 amide bonds. The lowest BCUT2D eigenvalue weighted by Crippen LogP contribution is -2.43. The zero-order valence-electron chi connectivity index (χ0n) is 11.8. The Kier molecular flexibility index (Phi) is 3.95. The smallest absolute Gasteiger partial charge is 0.325 e. The van der Waals surface area contributed by atoms with Crippen LogP contribution < -0.4 is 11.1 Å². The monoisotopic (exact) mass is 309 g/mol. The van der Waals surface area contributed by atoms with Crippen molar-refractivity contribution in [3.8, 4) is 0 Å². The van der Waals surface area contributed by atoms with Crippen molar-refractivity contribution in [2.24, 2.45) is 5.73 Å². The number of amides is 3. The molecule has 0 aliphatic carbocycles. The zero-order chi connectivity index (χ0) is 15.8. The summed E-state index contributed by atoms with van der Waals surface area (Å²) in [7, 11) is 0. The van der Waals surface area contributed by atoms with Gasteiger partial charge in [0.15, 0.2) is 0 Å². The molecule has 1 aliphatic heterocycles. The fraction of sp³-hybridized carbons (Fsp3) is 0.357. The van der Waals surface area contributed by atoms with E-state index in [-0.39, 0.29) is 17.4 Å². The van der Waals surface area contributed by atoms with E-state index in [9.17, 15) is 14.0 Å². The Hall–Kier alpha value is -2.02. The summed E-state index contributed by atoms with van der Waals surface area (Å²) in [6.07, 6.45) is 0.482. The SMILES string of the molecule is CCC1(C)NC(=O)N(Cc2cc(F)cc(C(N)=S)c2)C1=O. The number of carbonyl (C=O) groups excluding carboxylic acids is 2. The highest BCUT2D eigenvalue weighted by atomic mass is 32.1. The van der Waals surface area contributed by atoms with Gasteiger partial charge in [-0.1, -0.05) is 19.1 Å². The number of imide groups is 1. The molecule has 0 spiro atoms. The van der Waals surface area contributed by atoms with E-state index in [1.54, 1.807) is 13.0 Å². The Bertz CT molecular complexity index is 635. The molecule has 2 rings (SSSR count). The Morgan fingerprint density at radius 3 is 2.62 bits per heavy atom. The maximum atomic E-state index is 13.6. The number of hydrogen-bond acceptors (Lipinski definition) is 3. The number of benzene rings is 1. The molecule has 3 N–H and O–H groups in total. The van der Waals surface area contributed by atoms with Crippen LogP contribution in [0.4, 0.5) is 9.18 Å². The third-order valence-corrected chi connectivity index (χ3v) is 3.87. The number of thiocarbonyl (C=S) groups is 1. The highest BCUT2D eigenvalue weighted by Gasteiger charge is 2.46. The van der Waals surface area contributed by atoms with Gasteiger partial charge in [-0.15, -0.1) is 0 Å². The molecule has 0 bridgehead atoms. The van der Waals surface area contributed by atoms with Crippen LogP contribution in [-0.4, -0.2) is 27.4 Å². The molecule has 1 saturated heterocycles. The van der Waals surface area contributed by atoms with Gasteiger partial charge in [0.05, 0.1) is 6.54 Å². The van der Waals surface area contributed by atoms with Crippen molar-refractivity contribution in [2.75, 3.05) is 0 Å². The molecule has 1 aliphatic rings. The van der Waals surface area contributed by atoms with Crippen molar-refractivity contribution < 1.29 is 14.0 Å². The topological polar surface area (TPSA) is 75.4 Å². The molecule has 1 unspecified atom stereocenters. The molecule has 1 aromatic carbocycles. The van der Waals surface area contributed by atoms with Gasteiger partial charge in [-0.2, -0.15) is 0 Å². The van der Waals surface area contributed by atoms with Crippen molar-refractivity contribution in [3.63, 3.8) is 0 Å². The van der Waals surface area contributed by atoms with Gasteiger partial charge in [0.25, 0.3) is 5.91 Å². The summed E-state index contributed by atoms with van der Waals surface area (Å²) >= 11 is 4.82. The Labute approximate surface area is 127 Å². The molecule has 7 heteroatoms. The number of halogens is 1. The molecule has 1 heterocycles. The predicted molar refractivity (Wildman–Crippen MR) is 80.1 cm³/mol. The summed E-state index contributed by atoms with van der Waals surface area (Å²) in [5, 5.41) is 2.65. The molecular weight excluding hydrogens is 293 g/mol. The molecule has 112 valence electrons. The van der Waals surface area contributed by atoms with Crippen LogP contribution in [0.1, 0.15) is 31.4 Å². The van der Waals surface area contributed by atoms with Crippen molar-refractivity contribution in [1.29, 1.82) is 0 Å². The van der Waals surface area contributed by atoms with E-state index in [0.29, 0.717) is 17.5 Å². The molecule has 1 fully saturated rings. The standard InChI is InChI=1S/C14H16FN3O2S/c1-3-14(2)12(19)18(13(20)17-14)7-8-4-9(11(16)21)6-10(15)5-8/h4-6H,3,7H2,1-2H3,(H2,16,21)(H,17,20). The van der Waals surface area contributed by atoms with Gasteiger partial charge in [0.1, 0.15) is 16.3 Å². The third-order valence-electron chi connectivity index (χ3n) is 3.64. The molecule has 0 aromatic heterocycles. The number of hydrogen-bond donors (Lipinski definition) is 2. The van der Waals surface area contributed by atoms with Crippen LogP contribution in [0.2, 0.25) is 0 Å². The highest BCUT2D eigenvalue weighted by molar-refractivity contribution is 7.80. The van der Waals surface area contributed by atoms with E-state index in [4.69, 9.17) is 18.0 Å². The summed E-state index contributed by atoms with van der Waals surface area (Å²) in [5.74, 6) is -0.836. The maximum absolute atomic E-state index is 13.6. The Balaban J connectivity index is 2.28. The van der Waals surface area contributed by atoms with Crippen LogP contribution in [0, 0.1) is 5.82 Å². The second-order valence-corrected chi connectivity index (χ2v) is 5.66. The molecule has 0 saturated carbocycles. The molecule has 0 radical (unpaired) electrons. The van der Waals surface area contributed by atoms with Crippen LogP contribution in [-0.2, 0) is 11.3 Å². The van der Waals surface area contributed by atoms with Crippen molar-refractivity contribution in [2.45, 2.75) is 32.4 Å². The van der Waals surface area contributed by atoms with Crippen LogP contribution in [0.5, 0.6) is 0 Å². The van der Waals surface area contributed by atoms with E-state index in [1.807, 2.05) is 6.92 Å². The number of rotatable bonds is 4. The normalized spacial score (nSPS) is 21.6.